The highest BCUT2D eigenvalue weighted by atomic mass is 79.9. The number of rotatable bonds is 5. The van der Waals surface area contributed by atoms with Crippen molar-refractivity contribution in [1.82, 2.24) is 5.32 Å². The molecule has 1 aromatic rings. The first kappa shape index (κ1) is 10.8. The van der Waals surface area contributed by atoms with E-state index in [0.717, 1.165) is 25.9 Å². The van der Waals surface area contributed by atoms with Crippen LogP contribution in [0.5, 0.6) is 0 Å². The van der Waals surface area contributed by atoms with Gasteiger partial charge in [-0.15, -0.1) is 23.7 Å². The highest BCUT2D eigenvalue weighted by molar-refractivity contribution is 9.11. The molecule has 0 aromatic carbocycles. The maximum Gasteiger partial charge on any atom is 0.0701 e. The lowest BCUT2D eigenvalue weighted by molar-refractivity contribution is 0.698. The van der Waals surface area contributed by atoms with Crippen molar-refractivity contribution in [1.29, 1.82) is 0 Å². The summed E-state index contributed by atoms with van der Waals surface area (Å²) in [5.41, 5.74) is 0. The SMILES string of the molecule is C#CCCNCCc1ccc(Br)s1. The zero-order valence-corrected chi connectivity index (χ0v) is 9.75. The van der Waals surface area contributed by atoms with Crippen LogP contribution >= 0.6 is 27.3 Å². The summed E-state index contributed by atoms with van der Waals surface area (Å²) in [5, 5.41) is 3.29. The Morgan fingerprint density at radius 1 is 1.46 bits per heavy atom. The van der Waals surface area contributed by atoms with Gasteiger partial charge in [0.25, 0.3) is 0 Å². The van der Waals surface area contributed by atoms with Gasteiger partial charge in [0.2, 0.25) is 0 Å². The van der Waals surface area contributed by atoms with Crippen molar-refractivity contribution in [3.8, 4) is 12.3 Å². The highest BCUT2D eigenvalue weighted by Gasteiger charge is 1.96. The lowest BCUT2D eigenvalue weighted by Gasteiger charge is -1.99. The summed E-state index contributed by atoms with van der Waals surface area (Å²) in [6.07, 6.45) is 7.03. The minimum absolute atomic E-state index is 0.814. The van der Waals surface area contributed by atoms with E-state index in [0.29, 0.717) is 0 Å². The van der Waals surface area contributed by atoms with Crippen LogP contribution in [0.1, 0.15) is 11.3 Å². The summed E-state index contributed by atoms with van der Waals surface area (Å²) in [7, 11) is 0. The molecule has 0 aliphatic heterocycles. The molecule has 0 spiro atoms. The number of hydrogen-bond acceptors (Lipinski definition) is 2. The third kappa shape index (κ3) is 4.47. The lowest BCUT2D eigenvalue weighted by Crippen LogP contribution is -2.17. The predicted octanol–water partition coefficient (Wildman–Crippen LogP) is 2.67. The third-order valence-corrected chi connectivity index (χ3v) is 3.31. The molecule has 13 heavy (non-hydrogen) atoms. The fourth-order valence-corrected chi connectivity index (χ4v) is 2.47. The summed E-state index contributed by atoms with van der Waals surface area (Å²) in [6.45, 7) is 1.93. The molecule has 0 aliphatic rings. The molecule has 1 rings (SSSR count). The van der Waals surface area contributed by atoms with Crippen LogP contribution in [0.4, 0.5) is 0 Å². The molecule has 0 atom stereocenters. The number of thiophene rings is 1. The molecule has 3 heteroatoms. The molecule has 0 amide bonds. The van der Waals surface area contributed by atoms with Crippen molar-refractivity contribution in [3.63, 3.8) is 0 Å². The lowest BCUT2D eigenvalue weighted by atomic mass is 10.3. The van der Waals surface area contributed by atoms with Crippen LogP contribution in [0.3, 0.4) is 0 Å². The molecule has 1 aromatic heterocycles. The largest absolute Gasteiger partial charge is 0.315 e. The van der Waals surface area contributed by atoms with E-state index in [-0.39, 0.29) is 0 Å². The van der Waals surface area contributed by atoms with Crippen molar-refractivity contribution in [2.75, 3.05) is 13.1 Å². The topological polar surface area (TPSA) is 12.0 Å². The van der Waals surface area contributed by atoms with E-state index in [2.05, 4.69) is 39.3 Å². The summed E-state index contributed by atoms with van der Waals surface area (Å²) < 4.78 is 1.20. The van der Waals surface area contributed by atoms with Gasteiger partial charge in [-0.2, -0.15) is 0 Å². The van der Waals surface area contributed by atoms with Crippen molar-refractivity contribution in [2.24, 2.45) is 0 Å². The van der Waals surface area contributed by atoms with E-state index in [1.165, 1.54) is 8.66 Å². The van der Waals surface area contributed by atoms with Crippen molar-refractivity contribution in [2.45, 2.75) is 12.8 Å². The van der Waals surface area contributed by atoms with Gasteiger partial charge in [0.15, 0.2) is 0 Å². The van der Waals surface area contributed by atoms with Gasteiger partial charge in [-0.05, 0) is 41.0 Å². The normalized spacial score (nSPS) is 9.85. The molecule has 1 N–H and O–H groups in total. The van der Waals surface area contributed by atoms with Gasteiger partial charge in [-0.3, -0.25) is 0 Å². The standard InChI is InChI=1S/C10H12BrNS/c1-2-3-7-12-8-6-9-4-5-10(11)13-9/h1,4-5,12H,3,6-8H2. The van der Waals surface area contributed by atoms with E-state index in [1.807, 2.05) is 0 Å². The van der Waals surface area contributed by atoms with Crippen molar-refractivity contribution in [3.05, 3.63) is 20.8 Å². The van der Waals surface area contributed by atoms with Crippen LogP contribution in [-0.4, -0.2) is 13.1 Å². The van der Waals surface area contributed by atoms with Crippen LogP contribution in [0.15, 0.2) is 15.9 Å². The Kier molecular flexibility index (Phi) is 5.14. The molecule has 70 valence electrons. The Morgan fingerprint density at radius 3 is 2.92 bits per heavy atom. The first-order valence-corrected chi connectivity index (χ1v) is 5.82. The quantitative estimate of drug-likeness (QED) is 0.632. The zero-order valence-electron chi connectivity index (χ0n) is 7.35. The summed E-state index contributed by atoms with van der Waals surface area (Å²) >= 11 is 5.23. The number of halogens is 1. The van der Waals surface area contributed by atoms with Gasteiger partial charge in [0, 0.05) is 17.8 Å². The van der Waals surface area contributed by atoms with Crippen LogP contribution in [0.25, 0.3) is 0 Å². The monoisotopic (exact) mass is 257 g/mol. The van der Waals surface area contributed by atoms with Gasteiger partial charge in [-0.25, -0.2) is 0 Å². The van der Waals surface area contributed by atoms with E-state index >= 15 is 0 Å². The second-order valence-electron chi connectivity index (χ2n) is 2.66. The first-order chi connectivity index (χ1) is 6.33. The Bertz CT molecular complexity index is 287. The first-order valence-electron chi connectivity index (χ1n) is 4.21. The van der Waals surface area contributed by atoms with E-state index in [4.69, 9.17) is 6.42 Å². The maximum atomic E-state index is 5.13. The fourth-order valence-electron chi connectivity index (χ4n) is 0.983. The van der Waals surface area contributed by atoms with Crippen molar-refractivity contribution >= 4 is 27.3 Å². The Morgan fingerprint density at radius 2 is 2.31 bits per heavy atom. The second-order valence-corrected chi connectivity index (χ2v) is 5.21. The molecule has 0 saturated carbocycles. The Hall–Kier alpha value is -0.300. The van der Waals surface area contributed by atoms with Gasteiger partial charge < -0.3 is 5.32 Å². The number of hydrogen-bond donors (Lipinski definition) is 1. The minimum atomic E-state index is 0.814. The minimum Gasteiger partial charge on any atom is -0.315 e. The summed E-state index contributed by atoms with van der Waals surface area (Å²) in [4.78, 5) is 1.40. The second kappa shape index (κ2) is 6.20. The Labute approximate surface area is 91.7 Å². The Balaban J connectivity index is 2.10. The van der Waals surface area contributed by atoms with E-state index in [9.17, 15) is 0 Å². The third-order valence-electron chi connectivity index (χ3n) is 1.62. The molecule has 0 bridgehead atoms. The number of terminal acetylenes is 1. The predicted molar refractivity (Wildman–Crippen MR) is 62.0 cm³/mol. The molecular weight excluding hydrogens is 246 g/mol. The molecule has 0 aliphatic carbocycles. The molecule has 1 nitrogen and oxygen atoms in total. The summed E-state index contributed by atoms with van der Waals surface area (Å²) in [6, 6.07) is 4.24. The molecule has 0 radical (unpaired) electrons. The van der Waals surface area contributed by atoms with E-state index < -0.39 is 0 Å². The molecule has 0 saturated heterocycles. The maximum absolute atomic E-state index is 5.13. The fraction of sp³-hybridized carbons (Fsp3) is 0.400. The van der Waals surface area contributed by atoms with Crippen molar-refractivity contribution < 1.29 is 0 Å². The highest BCUT2D eigenvalue weighted by Crippen LogP contribution is 2.21. The zero-order chi connectivity index (χ0) is 9.52. The van der Waals surface area contributed by atoms with Gasteiger partial charge in [0.1, 0.15) is 0 Å². The number of nitrogens with one attached hydrogen (secondary N) is 1. The van der Waals surface area contributed by atoms with Gasteiger partial charge in [0.05, 0.1) is 3.79 Å². The molecule has 1 heterocycles. The molecular formula is C10H12BrNS. The van der Waals surface area contributed by atoms with E-state index in [1.54, 1.807) is 11.3 Å². The smallest absolute Gasteiger partial charge is 0.0701 e. The van der Waals surface area contributed by atoms with Crippen LogP contribution in [0, 0.1) is 12.3 Å². The van der Waals surface area contributed by atoms with Crippen LogP contribution in [-0.2, 0) is 6.42 Å². The van der Waals surface area contributed by atoms with Crippen LogP contribution in [0.2, 0.25) is 0 Å². The van der Waals surface area contributed by atoms with Gasteiger partial charge in [-0.1, -0.05) is 0 Å². The average Bonchev–Trinajstić information content (AvgIpc) is 2.51. The van der Waals surface area contributed by atoms with Crippen LogP contribution < -0.4 is 5.32 Å². The van der Waals surface area contributed by atoms with Gasteiger partial charge >= 0.3 is 0 Å². The molecule has 0 fully saturated rings. The average molecular weight is 258 g/mol. The molecule has 0 unspecified atom stereocenters. The summed E-state index contributed by atoms with van der Waals surface area (Å²) in [5.74, 6) is 2.60.